The van der Waals surface area contributed by atoms with E-state index in [1.807, 2.05) is 0 Å². The summed E-state index contributed by atoms with van der Waals surface area (Å²) in [5, 5.41) is 4.31. The van der Waals surface area contributed by atoms with Crippen molar-refractivity contribution in [3.05, 3.63) is 145 Å². The Balaban J connectivity index is 1.75. The molecule has 0 bridgehead atoms. The monoisotopic (exact) mass is 442 g/mol. The summed E-state index contributed by atoms with van der Waals surface area (Å²) in [7, 11) is -2.55. The molecule has 4 aromatic carbocycles. The van der Waals surface area contributed by atoms with Crippen LogP contribution in [0.2, 0.25) is 0 Å². The first-order valence-electron chi connectivity index (χ1n) is 11.7. The summed E-state index contributed by atoms with van der Waals surface area (Å²) in [5.74, 6) is 1.28. The van der Waals surface area contributed by atoms with Crippen LogP contribution in [-0.4, -0.2) is 14.2 Å². The largest absolute Gasteiger partial charge is 0.485 e. The highest BCUT2D eigenvalue weighted by Gasteiger charge is 2.53. The standard InChI is InChI=1S/C31H26OSi/c1-4-14-24(15-5-1)33(25-16-6-2-7-17-25,26-18-8-3-9-19-26)31-27-20-10-12-22-29(27)32-30-23-13-11-21-28(30)31/h1-23,27,29,31H. The SMILES string of the molecule is C1=CC2Oc3ccccc3C([Si](c3ccccc3)(c3ccccc3)c3ccccc3)C2C=C1. The minimum atomic E-state index is -2.55. The van der Waals surface area contributed by atoms with Crippen LogP contribution in [-0.2, 0) is 0 Å². The van der Waals surface area contributed by atoms with Gasteiger partial charge in [-0.15, -0.1) is 0 Å². The van der Waals surface area contributed by atoms with E-state index in [-0.39, 0.29) is 12.0 Å². The maximum Gasteiger partial charge on any atom is 0.156 e. The first-order valence-corrected chi connectivity index (χ1v) is 13.7. The highest BCUT2D eigenvalue weighted by molar-refractivity contribution is 7.12. The van der Waals surface area contributed by atoms with Crippen molar-refractivity contribution in [2.45, 2.75) is 11.6 Å². The van der Waals surface area contributed by atoms with E-state index < -0.39 is 8.07 Å². The summed E-state index contributed by atoms with van der Waals surface area (Å²) < 4.78 is 6.55. The zero-order chi connectivity index (χ0) is 22.1. The lowest BCUT2D eigenvalue weighted by atomic mass is 9.87. The number of hydrogen-bond acceptors (Lipinski definition) is 1. The molecule has 1 heterocycles. The van der Waals surface area contributed by atoms with E-state index in [1.165, 1.54) is 21.1 Å². The number of fused-ring (bicyclic) bond motifs is 2. The van der Waals surface area contributed by atoms with E-state index in [1.54, 1.807) is 0 Å². The fraction of sp³-hybridized carbons (Fsp3) is 0.0968. The maximum absolute atomic E-state index is 6.55. The molecular formula is C31H26OSi. The minimum Gasteiger partial charge on any atom is -0.485 e. The van der Waals surface area contributed by atoms with Crippen LogP contribution >= 0.6 is 0 Å². The highest BCUT2D eigenvalue weighted by atomic mass is 28.3. The molecule has 1 aliphatic carbocycles. The van der Waals surface area contributed by atoms with Gasteiger partial charge in [-0.05, 0) is 33.3 Å². The van der Waals surface area contributed by atoms with Gasteiger partial charge in [0.05, 0.1) is 0 Å². The number of allylic oxidation sites excluding steroid dienone is 2. The number of ether oxygens (including phenoxy) is 1. The van der Waals surface area contributed by atoms with Gasteiger partial charge in [0, 0.05) is 11.5 Å². The Kier molecular flexibility index (Phi) is 5.08. The van der Waals surface area contributed by atoms with E-state index >= 15 is 0 Å². The van der Waals surface area contributed by atoms with Crippen LogP contribution in [0.5, 0.6) is 5.75 Å². The normalized spacial score (nSPS) is 21.0. The fourth-order valence-corrected chi connectivity index (χ4v) is 11.7. The highest BCUT2D eigenvalue weighted by Crippen LogP contribution is 2.46. The molecule has 2 heteroatoms. The summed E-state index contributed by atoms with van der Waals surface area (Å²) in [6.07, 6.45) is 8.97. The van der Waals surface area contributed by atoms with Gasteiger partial charge in [0.2, 0.25) is 0 Å². The quantitative estimate of drug-likeness (QED) is 0.320. The molecule has 160 valence electrons. The van der Waals surface area contributed by atoms with Crippen LogP contribution in [0.15, 0.2) is 140 Å². The number of para-hydroxylation sites is 1. The molecule has 0 aromatic heterocycles. The van der Waals surface area contributed by atoms with Crippen LogP contribution in [0.4, 0.5) is 0 Å². The fourth-order valence-electron chi connectivity index (χ4n) is 5.89. The van der Waals surface area contributed by atoms with Gasteiger partial charge in [-0.2, -0.15) is 0 Å². The van der Waals surface area contributed by atoms with E-state index in [0.717, 1.165) is 5.75 Å². The second-order valence-corrected chi connectivity index (χ2v) is 12.8. The third kappa shape index (κ3) is 3.21. The van der Waals surface area contributed by atoms with Crippen molar-refractivity contribution in [1.29, 1.82) is 0 Å². The van der Waals surface area contributed by atoms with Crippen molar-refractivity contribution in [1.82, 2.24) is 0 Å². The van der Waals surface area contributed by atoms with E-state index in [9.17, 15) is 0 Å². The lowest BCUT2D eigenvalue weighted by molar-refractivity contribution is 0.173. The average Bonchev–Trinajstić information content (AvgIpc) is 2.90. The summed E-state index contributed by atoms with van der Waals surface area (Å²) in [6.45, 7) is 0. The molecule has 6 rings (SSSR count). The Morgan fingerprint density at radius 1 is 0.515 bits per heavy atom. The predicted molar refractivity (Wildman–Crippen MR) is 139 cm³/mol. The van der Waals surface area contributed by atoms with E-state index in [2.05, 4.69) is 140 Å². The lowest BCUT2D eigenvalue weighted by Gasteiger charge is -2.48. The van der Waals surface area contributed by atoms with Gasteiger partial charge in [0.15, 0.2) is 8.07 Å². The summed E-state index contributed by atoms with van der Waals surface area (Å²) in [6, 6.07) is 42.3. The van der Waals surface area contributed by atoms with Crippen molar-refractivity contribution in [2.75, 3.05) is 0 Å². The molecule has 0 N–H and O–H groups in total. The third-order valence-corrected chi connectivity index (χ3v) is 12.5. The first-order chi connectivity index (χ1) is 16.4. The second-order valence-electron chi connectivity index (χ2n) is 8.85. The molecule has 0 saturated heterocycles. The molecule has 0 radical (unpaired) electrons. The average molecular weight is 443 g/mol. The van der Waals surface area contributed by atoms with Crippen molar-refractivity contribution >= 4 is 23.6 Å². The Morgan fingerprint density at radius 3 is 1.58 bits per heavy atom. The Morgan fingerprint density at radius 2 is 1.00 bits per heavy atom. The second kappa shape index (κ2) is 8.38. The van der Waals surface area contributed by atoms with E-state index in [4.69, 9.17) is 4.74 Å². The van der Waals surface area contributed by atoms with Gasteiger partial charge in [-0.1, -0.05) is 127 Å². The molecule has 3 atom stereocenters. The smallest absolute Gasteiger partial charge is 0.156 e. The Bertz CT molecular complexity index is 1200. The Hall–Kier alpha value is -3.62. The van der Waals surface area contributed by atoms with Gasteiger partial charge < -0.3 is 4.74 Å². The molecule has 0 amide bonds. The molecule has 0 fully saturated rings. The zero-order valence-electron chi connectivity index (χ0n) is 18.4. The molecule has 3 unspecified atom stereocenters. The van der Waals surface area contributed by atoms with Gasteiger partial charge in [0.25, 0.3) is 0 Å². The molecule has 1 nitrogen and oxygen atoms in total. The topological polar surface area (TPSA) is 9.23 Å². The molecule has 4 aromatic rings. The predicted octanol–water partition coefficient (Wildman–Crippen LogP) is 4.98. The van der Waals surface area contributed by atoms with Crippen molar-refractivity contribution < 1.29 is 4.74 Å². The molecule has 2 aliphatic rings. The van der Waals surface area contributed by atoms with Crippen LogP contribution in [0, 0.1) is 5.92 Å². The van der Waals surface area contributed by atoms with E-state index in [0.29, 0.717) is 5.54 Å². The van der Waals surface area contributed by atoms with Gasteiger partial charge in [0.1, 0.15) is 11.9 Å². The van der Waals surface area contributed by atoms with Crippen LogP contribution < -0.4 is 20.3 Å². The minimum absolute atomic E-state index is 0.0397. The van der Waals surface area contributed by atoms with Crippen LogP contribution in [0.25, 0.3) is 0 Å². The van der Waals surface area contributed by atoms with Crippen molar-refractivity contribution in [3.8, 4) is 5.75 Å². The summed E-state index contributed by atoms with van der Waals surface area (Å²) in [4.78, 5) is 0. The Labute approximate surface area is 196 Å². The first kappa shape index (κ1) is 20.0. The number of benzene rings is 4. The summed E-state index contributed by atoms with van der Waals surface area (Å²) in [5.41, 5.74) is 1.61. The molecule has 33 heavy (non-hydrogen) atoms. The van der Waals surface area contributed by atoms with Crippen LogP contribution in [0.3, 0.4) is 0 Å². The molecule has 0 saturated carbocycles. The van der Waals surface area contributed by atoms with Crippen LogP contribution in [0.1, 0.15) is 11.1 Å². The lowest BCUT2D eigenvalue weighted by Crippen LogP contribution is -2.73. The van der Waals surface area contributed by atoms with Gasteiger partial charge in [-0.3, -0.25) is 0 Å². The van der Waals surface area contributed by atoms with Gasteiger partial charge >= 0.3 is 0 Å². The summed E-state index contributed by atoms with van der Waals surface area (Å²) >= 11 is 0. The zero-order valence-corrected chi connectivity index (χ0v) is 19.4. The molecule has 1 aliphatic heterocycles. The van der Waals surface area contributed by atoms with Crippen molar-refractivity contribution in [2.24, 2.45) is 5.92 Å². The number of rotatable bonds is 4. The third-order valence-electron chi connectivity index (χ3n) is 7.18. The van der Waals surface area contributed by atoms with Gasteiger partial charge in [-0.25, -0.2) is 0 Å². The number of hydrogen-bond donors (Lipinski definition) is 0. The molecular weight excluding hydrogens is 416 g/mol. The molecule has 0 spiro atoms. The van der Waals surface area contributed by atoms with Crippen molar-refractivity contribution in [3.63, 3.8) is 0 Å². The maximum atomic E-state index is 6.55.